The first kappa shape index (κ1) is 17.6. The van der Waals surface area contributed by atoms with Gasteiger partial charge in [-0.1, -0.05) is 35.5 Å². The van der Waals surface area contributed by atoms with Gasteiger partial charge < -0.3 is 4.74 Å². The van der Waals surface area contributed by atoms with Gasteiger partial charge in [0.1, 0.15) is 0 Å². The maximum Gasteiger partial charge on any atom is 0.191 e. The Morgan fingerprint density at radius 3 is 2.64 bits per heavy atom. The van der Waals surface area contributed by atoms with Crippen LogP contribution in [0.15, 0.2) is 47.9 Å². The van der Waals surface area contributed by atoms with Gasteiger partial charge in [-0.15, -0.1) is 10.2 Å². The molecule has 0 aliphatic heterocycles. The van der Waals surface area contributed by atoms with Crippen molar-refractivity contribution >= 4 is 11.8 Å². The van der Waals surface area contributed by atoms with Crippen LogP contribution in [0, 0.1) is 13.8 Å². The summed E-state index contributed by atoms with van der Waals surface area (Å²) in [7, 11) is 1.71. The molecule has 130 valence electrons. The van der Waals surface area contributed by atoms with Crippen LogP contribution in [-0.2, 0) is 17.0 Å². The number of ether oxygens (including phenoxy) is 1. The van der Waals surface area contributed by atoms with Crippen LogP contribution in [0.1, 0.15) is 16.7 Å². The number of pyridine rings is 1. The number of methoxy groups -OCH3 is 1. The Morgan fingerprint density at radius 2 is 1.88 bits per heavy atom. The van der Waals surface area contributed by atoms with Crippen molar-refractivity contribution < 1.29 is 4.74 Å². The zero-order valence-corrected chi connectivity index (χ0v) is 15.6. The lowest BCUT2D eigenvalue weighted by Crippen LogP contribution is -2.07. The highest BCUT2D eigenvalue weighted by Crippen LogP contribution is 2.27. The molecule has 2 aromatic heterocycles. The Hall–Kier alpha value is -2.18. The van der Waals surface area contributed by atoms with Crippen molar-refractivity contribution in [2.45, 2.75) is 31.3 Å². The molecule has 1 aromatic carbocycles. The average Bonchev–Trinajstić information content (AvgIpc) is 3.04. The van der Waals surface area contributed by atoms with E-state index in [0.29, 0.717) is 6.61 Å². The summed E-state index contributed by atoms with van der Waals surface area (Å²) >= 11 is 1.71. The van der Waals surface area contributed by atoms with Crippen molar-refractivity contribution in [2.24, 2.45) is 0 Å². The molecule has 0 aliphatic carbocycles. The predicted molar refractivity (Wildman–Crippen MR) is 101 cm³/mol. The number of hydrogen-bond donors (Lipinski definition) is 0. The fourth-order valence-electron chi connectivity index (χ4n) is 2.59. The van der Waals surface area contributed by atoms with Gasteiger partial charge in [0.15, 0.2) is 11.0 Å². The number of rotatable bonds is 7. The van der Waals surface area contributed by atoms with Crippen molar-refractivity contribution in [1.29, 1.82) is 0 Å². The summed E-state index contributed by atoms with van der Waals surface area (Å²) < 4.78 is 7.38. The number of benzene rings is 1. The van der Waals surface area contributed by atoms with Crippen molar-refractivity contribution in [3.63, 3.8) is 0 Å². The predicted octanol–water partition coefficient (Wildman–Crippen LogP) is 3.90. The van der Waals surface area contributed by atoms with Gasteiger partial charge in [-0.25, -0.2) is 0 Å². The lowest BCUT2D eigenvalue weighted by molar-refractivity contribution is 0.185. The molecule has 6 heteroatoms. The molecule has 0 atom stereocenters. The minimum absolute atomic E-state index is 0.618. The van der Waals surface area contributed by atoms with E-state index in [9.17, 15) is 0 Å². The van der Waals surface area contributed by atoms with E-state index < -0.39 is 0 Å². The zero-order valence-electron chi connectivity index (χ0n) is 14.8. The first-order valence-corrected chi connectivity index (χ1v) is 9.19. The number of nitrogens with zero attached hydrogens (tertiary/aromatic N) is 4. The largest absolute Gasteiger partial charge is 0.383 e. The Morgan fingerprint density at radius 1 is 1.08 bits per heavy atom. The van der Waals surface area contributed by atoms with Crippen LogP contribution in [0.25, 0.3) is 11.4 Å². The molecule has 0 aliphatic rings. The molecule has 0 amide bonds. The van der Waals surface area contributed by atoms with Gasteiger partial charge >= 0.3 is 0 Å². The van der Waals surface area contributed by atoms with Crippen molar-refractivity contribution in [1.82, 2.24) is 19.7 Å². The maximum atomic E-state index is 5.26. The number of hydrogen-bond acceptors (Lipinski definition) is 5. The fourth-order valence-corrected chi connectivity index (χ4v) is 3.62. The van der Waals surface area contributed by atoms with E-state index in [1.54, 1.807) is 31.3 Å². The van der Waals surface area contributed by atoms with Crippen molar-refractivity contribution in [2.75, 3.05) is 13.7 Å². The topological polar surface area (TPSA) is 52.8 Å². The standard InChI is InChI=1S/C19H22N4OS/c1-14-4-5-15(2)17(12-14)13-25-19-22-21-18(23(19)10-11-24-3)16-6-8-20-9-7-16/h4-9,12H,10-11,13H2,1-3H3. The van der Waals surface area contributed by atoms with E-state index in [4.69, 9.17) is 4.74 Å². The quantitative estimate of drug-likeness (QED) is 0.602. The number of aryl methyl sites for hydroxylation is 2. The normalized spacial score (nSPS) is 11.0. The van der Waals surface area contributed by atoms with Gasteiger partial charge in [-0.05, 0) is 37.1 Å². The minimum atomic E-state index is 0.618. The number of thioether (sulfide) groups is 1. The Bertz CT molecular complexity index is 833. The Balaban J connectivity index is 1.85. The second-order valence-electron chi connectivity index (χ2n) is 5.91. The zero-order chi connectivity index (χ0) is 17.6. The van der Waals surface area contributed by atoms with Gasteiger partial charge in [-0.3, -0.25) is 9.55 Å². The third kappa shape index (κ3) is 4.27. The molecule has 5 nitrogen and oxygen atoms in total. The number of aromatic nitrogens is 4. The summed E-state index contributed by atoms with van der Waals surface area (Å²) in [6.07, 6.45) is 3.54. The molecule has 3 aromatic rings. The van der Waals surface area contributed by atoms with Crippen molar-refractivity contribution in [3.05, 3.63) is 59.4 Å². The summed E-state index contributed by atoms with van der Waals surface area (Å²) in [4.78, 5) is 4.08. The highest BCUT2D eigenvalue weighted by Gasteiger charge is 2.14. The summed E-state index contributed by atoms with van der Waals surface area (Å²) in [5.74, 6) is 1.72. The van der Waals surface area contributed by atoms with Crippen molar-refractivity contribution in [3.8, 4) is 11.4 Å². The Kier molecular flexibility index (Phi) is 5.83. The highest BCUT2D eigenvalue weighted by atomic mass is 32.2. The van der Waals surface area contributed by atoms with Gasteiger partial charge in [0.2, 0.25) is 0 Å². The third-order valence-corrected chi connectivity index (χ3v) is 5.05. The van der Waals surface area contributed by atoms with E-state index in [-0.39, 0.29) is 0 Å². The second kappa shape index (κ2) is 8.27. The van der Waals surface area contributed by atoms with E-state index in [1.165, 1.54) is 16.7 Å². The fraction of sp³-hybridized carbons (Fsp3) is 0.316. The van der Waals surface area contributed by atoms with Gasteiger partial charge in [-0.2, -0.15) is 0 Å². The molecule has 0 bridgehead atoms. The molecule has 0 unspecified atom stereocenters. The molecule has 0 saturated carbocycles. The molecule has 25 heavy (non-hydrogen) atoms. The second-order valence-corrected chi connectivity index (χ2v) is 6.85. The SMILES string of the molecule is COCCn1c(SCc2cc(C)ccc2C)nnc1-c1ccncc1. The first-order chi connectivity index (χ1) is 12.2. The van der Waals surface area contributed by atoms with Crippen LogP contribution in [0.3, 0.4) is 0 Å². The maximum absolute atomic E-state index is 5.26. The first-order valence-electron chi connectivity index (χ1n) is 8.20. The molecule has 3 rings (SSSR count). The molecule has 0 N–H and O–H groups in total. The smallest absolute Gasteiger partial charge is 0.191 e. The summed E-state index contributed by atoms with van der Waals surface area (Å²) in [5, 5.41) is 9.72. The summed E-state index contributed by atoms with van der Waals surface area (Å²) in [6, 6.07) is 10.5. The van der Waals surface area contributed by atoms with Gasteiger partial charge in [0.05, 0.1) is 13.2 Å². The molecule has 0 fully saturated rings. The van der Waals surface area contributed by atoms with Crippen LogP contribution in [0.2, 0.25) is 0 Å². The average molecular weight is 354 g/mol. The lowest BCUT2D eigenvalue weighted by Gasteiger charge is -2.10. The molecular weight excluding hydrogens is 332 g/mol. The van der Waals surface area contributed by atoms with Crippen LogP contribution in [-0.4, -0.2) is 33.5 Å². The molecule has 2 heterocycles. The van der Waals surface area contributed by atoms with E-state index in [2.05, 4.69) is 51.8 Å². The molecule has 0 saturated heterocycles. The van der Waals surface area contributed by atoms with E-state index in [1.807, 2.05) is 12.1 Å². The Labute approximate surface area is 152 Å². The molecule has 0 spiro atoms. The van der Waals surface area contributed by atoms with E-state index in [0.717, 1.165) is 28.8 Å². The lowest BCUT2D eigenvalue weighted by atomic mass is 10.1. The van der Waals surface area contributed by atoms with Crippen LogP contribution in [0.5, 0.6) is 0 Å². The minimum Gasteiger partial charge on any atom is -0.383 e. The van der Waals surface area contributed by atoms with Crippen LogP contribution < -0.4 is 0 Å². The monoisotopic (exact) mass is 354 g/mol. The van der Waals surface area contributed by atoms with Crippen LogP contribution >= 0.6 is 11.8 Å². The highest BCUT2D eigenvalue weighted by molar-refractivity contribution is 7.98. The molecule has 0 radical (unpaired) electrons. The molecular formula is C19H22N4OS. The summed E-state index contributed by atoms with van der Waals surface area (Å²) in [5.41, 5.74) is 4.92. The van der Waals surface area contributed by atoms with Gasteiger partial charge in [0.25, 0.3) is 0 Å². The van der Waals surface area contributed by atoms with Gasteiger partial charge in [0, 0.05) is 30.8 Å². The third-order valence-electron chi connectivity index (χ3n) is 4.04. The van der Waals surface area contributed by atoms with E-state index >= 15 is 0 Å². The summed E-state index contributed by atoms with van der Waals surface area (Å²) in [6.45, 7) is 5.60. The van der Waals surface area contributed by atoms with Crippen LogP contribution in [0.4, 0.5) is 0 Å².